The molecule has 17 heavy (non-hydrogen) atoms. The van der Waals surface area contributed by atoms with Crippen LogP contribution in [-0.2, 0) is 19.3 Å². The number of fused-ring (bicyclic) bond motifs is 1. The largest absolute Gasteiger partial charge is 0.317 e. The van der Waals surface area contributed by atoms with Gasteiger partial charge in [0.15, 0.2) is 0 Å². The van der Waals surface area contributed by atoms with Gasteiger partial charge in [0, 0.05) is 4.47 Å². The lowest BCUT2D eigenvalue weighted by molar-refractivity contribution is 0.372. The normalized spacial score (nSPS) is 20.5. The van der Waals surface area contributed by atoms with Gasteiger partial charge < -0.3 is 5.32 Å². The maximum atomic E-state index is 3.75. The number of nitrogens with one attached hydrogen (secondary N) is 1. The van der Waals surface area contributed by atoms with Gasteiger partial charge in [-0.15, -0.1) is 0 Å². The topological polar surface area (TPSA) is 12.0 Å². The summed E-state index contributed by atoms with van der Waals surface area (Å²) in [4.78, 5) is 0. The van der Waals surface area contributed by atoms with E-state index in [2.05, 4.69) is 33.4 Å². The third kappa shape index (κ3) is 2.58. The Balaban J connectivity index is 1.76. The van der Waals surface area contributed by atoms with Crippen LogP contribution in [0.4, 0.5) is 0 Å². The second kappa shape index (κ2) is 5.11. The zero-order valence-corrected chi connectivity index (χ0v) is 11.9. The van der Waals surface area contributed by atoms with Gasteiger partial charge in [-0.05, 0) is 80.3 Å². The first-order chi connectivity index (χ1) is 8.33. The molecule has 2 heteroatoms. The van der Waals surface area contributed by atoms with E-state index in [1.54, 1.807) is 16.7 Å². The van der Waals surface area contributed by atoms with Crippen LogP contribution >= 0.6 is 15.9 Å². The first kappa shape index (κ1) is 11.7. The summed E-state index contributed by atoms with van der Waals surface area (Å²) in [5.41, 5.74) is 4.71. The van der Waals surface area contributed by atoms with E-state index < -0.39 is 0 Å². The standard InChI is InChI=1S/C15H20BrN/c16-15-10-12(8-11-4-6-17-7-5-11)9-13-2-1-3-14(13)15/h9-11,17H,1-8H2. The van der Waals surface area contributed by atoms with E-state index in [9.17, 15) is 0 Å². The number of benzene rings is 1. The van der Waals surface area contributed by atoms with Gasteiger partial charge in [0.25, 0.3) is 0 Å². The Bertz CT molecular complexity index is 408. The maximum Gasteiger partial charge on any atom is 0.0212 e. The summed E-state index contributed by atoms with van der Waals surface area (Å²) in [5, 5.41) is 3.44. The van der Waals surface area contributed by atoms with Crippen LogP contribution in [0.3, 0.4) is 0 Å². The van der Waals surface area contributed by atoms with E-state index in [1.165, 1.54) is 56.1 Å². The second-order valence-corrected chi connectivity index (χ2v) is 6.32. The number of rotatable bonds is 2. The number of hydrogen-bond donors (Lipinski definition) is 1. The van der Waals surface area contributed by atoms with E-state index in [0.717, 1.165) is 5.92 Å². The molecule has 1 heterocycles. The molecule has 0 amide bonds. The second-order valence-electron chi connectivity index (χ2n) is 5.47. The minimum absolute atomic E-state index is 0.891. The van der Waals surface area contributed by atoms with Crippen LogP contribution in [0.15, 0.2) is 16.6 Å². The molecule has 1 aliphatic heterocycles. The number of piperidine rings is 1. The van der Waals surface area contributed by atoms with Gasteiger partial charge in [0.2, 0.25) is 0 Å². The average Bonchev–Trinajstić information content (AvgIpc) is 2.79. The van der Waals surface area contributed by atoms with E-state index >= 15 is 0 Å². The molecule has 3 rings (SSSR count). The van der Waals surface area contributed by atoms with Gasteiger partial charge in [-0.25, -0.2) is 0 Å². The smallest absolute Gasteiger partial charge is 0.0212 e. The Morgan fingerprint density at radius 3 is 2.82 bits per heavy atom. The van der Waals surface area contributed by atoms with E-state index in [-0.39, 0.29) is 0 Å². The highest BCUT2D eigenvalue weighted by Crippen LogP contribution is 2.32. The van der Waals surface area contributed by atoms with Crippen LogP contribution in [0, 0.1) is 5.92 Å². The van der Waals surface area contributed by atoms with Crippen LogP contribution in [0.2, 0.25) is 0 Å². The predicted octanol–water partition coefficient (Wildman–Crippen LogP) is 3.48. The predicted molar refractivity (Wildman–Crippen MR) is 75.5 cm³/mol. The summed E-state index contributed by atoms with van der Waals surface area (Å²) >= 11 is 3.75. The fourth-order valence-electron chi connectivity index (χ4n) is 3.25. The van der Waals surface area contributed by atoms with Gasteiger partial charge in [0.1, 0.15) is 0 Å². The summed E-state index contributed by atoms with van der Waals surface area (Å²) in [6, 6.07) is 4.83. The molecule has 1 aromatic carbocycles. The molecule has 0 unspecified atom stereocenters. The van der Waals surface area contributed by atoms with Crippen molar-refractivity contribution in [2.75, 3.05) is 13.1 Å². The zero-order chi connectivity index (χ0) is 11.7. The van der Waals surface area contributed by atoms with Gasteiger partial charge in [0.05, 0.1) is 0 Å². The van der Waals surface area contributed by atoms with Crippen LogP contribution in [0.1, 0.15) is 36.0 Å². The lowest BCUT2D eigenvalue weighted by atomic mass is 9.90. The van der Waals surface area contributed by atoms with Crippen molar-refractivity contribution in [3.8, 4) is 0 Å². The van der Waals surface area contributed by atoms with Crippen LogP contribution < -0.4 is 5.32 Å². The average molecular weight is 294 g/mol. The Hall–Kier alpha value is -0.340. The summed E-state index contributed by atoms with van der Waals surface area (Å²) in [6.07, 6.45) is 7.85. The van der Waals surface area contributed by atoms with Crippen molar-refractivity contribution in [2.45, 2.75) is 38.5 Å². The maximum absolute atomic E-state index is 3.75. The van der Waals surface area contributed by atoms with E-state index in [4.69, 9.17) is 0 Å². The number of halogens is 1. The molecule has 92 valence electrons. The van der Waals surface area contributed by atoms with E-state index in [0.29, 0.717) is 0 Å². The summed E-state index contributed by atoms with van der Waals surface area (Å²) in [6.45, 7) is 2.41. The Labute approximate surface area is 112 Å². The highest BCUT2D eigenvalue weighted by atomic mass is 79.9. The van der Waals surface area contributed by atoms with Gasteiger partial charge >= 0.3 is 0 Å². The van der Waals surface area contributed by atoms with Crippen molar-refractivity contribution in [2.24, 2.45) is 5.92 Å². The van der Waals surface area contributed by atoms with Crippen LogP contribution in [0.5, 0.6) is 0 Å². The summed E-state index contributed by atoms with van der Waals surface area (Å²) in [7, 11) is 0. The number of aryl methyl sites for hydroxylation is 1. The molecule has 0 spiro atoms. The summed E-state index contributed by atoms with van der Waals surface area (Å²) < 4.78 is 1.36. The minimum atomic E-state index is 0.891. The molecule has 1 saturated heterocycles. The summed E-state index contributed by atoms with van der Waals surface area (Å²) in [5.74, 6) is 0.891. The Kier molecular flexibility index (Phi) is 3.53. The van der Waals surface area contributed by atoms with Crippen LogP contribution in [0.25, 0.3) is 0 Å². The monoisotopic (exact) mass is 293 g/mol. The quantitative estimate of drug-likeness (QED) is 0.880. The van der Waals surface area contributed by atoms with Crippen molar-refractivity contribution in [3.05, 3.63) is 33.3 Å². The molecule has 0 atom stereocenters. The molecule has 2 aliphatic rings. The molecule has 1 aliphatic carbocycles. The van der Waals surface area contributed by atoms with Crippen molar-refractivity contribution < 1.29 is 0 Å². The Morgan fingerprint density at radius 1 is 1.18 bits per heavy atom. The minimum Gasteiger partial charge on any atom is -0.317 e. The van der Waals surface area contributed by atoms with E-state index in [1.807, 2.05) is 0 Å². The van der Waals surface area contributed by atoms with Crippen molar-refractivity contribution >= 4 is 15.9 Å². The SMILES string of the molecule is Brc1cc(CC2CCNCC2)cc2c1CCC2. The van der Waals surface area contributed by atoms with Crippen molar-refractivity contribution in [1.29, 1.82) is 0 Å². The lowest BCUT2D eigenvalue weighted by Gasteiger charge is -2.23. The molecule has 1 N–H and O–H groups in total. The van der Waals surface area contributed by atoms with Crippen molar-refractivity contribution in [3.63, 3.8) is 0 Å². The highest BCUT2D eigenvalue weighted by Gasteiger charge is 2.18. The molecule has 0 bridgehead atoms. The third-order valence-electron chi connectivity index (χ3n) is 4.20. The molecule has 1 aromatic rings. The molecule has 1 nitrogen and oxygen atoms in total. The third-order valence-corrected chi connectivity index (χ3v) is 4.91. The lowest BCUT2D eigenvalue weighted by Crippen LogP contribution is -2.28. The fourth-order valence-corrected chi connectivity index (χ4v) is 4.00. The molecule has 1 fully saturated rings. The first-order valence-electron chi connectivity index (χ1n) is 6.84. The fraction of sp³-hybridized carbons (Fsp3) is 0.600. The van der Waals surface area contributed by atoms with Crippen molar-refractivity contribution in [1.82, 2.24) is 5.32 Å². The molecule has 0 radical (unpaired) electrons. The molecule has 0 aromatic heterocycles. The highest BCUT2D eigenvalue weighted by molar-refractivity contribution is 9.10. The zero-order valence-electron chi connectivity index (χ0n) is 10.3. The molecule has 0 saturated carbocycles. The van der Waals surface area contributed by atoms with Gasteiger partial charge in [-0.2, -0.15) is 0 Å². The van der Waals surface area contributed by atoms with Gasteiger partial charge in [-0.1, -0.05) is 22.0 Å². The first-order valence-corrected chi connectivity index (χ1v) is 7.63. The van der Waals surface area contributed by atoms with Gasteiger partial charge in [-0.3, -0.25) is 0 Å². The Morgan fingerprint density at radius 2 is 2.00 bits per heavy atom. The molecular weight excluding hydrogens is 274 g/mol. The molecular formula is C15H20BrN. The number of hydrogen-bond acceptors (Lipinski definition) is 1. The van der Waals surface area contributed by atoms with Crippen LogP contribution in [-0.4, -0.2) is 13.1 Å².